The molecule has 0 aliphatic heterocycles. The molecule has 1 N–H and O–H groups in total. The van der Waals surface area contributed by atoms with Gasteiger partial charge >= 0.3 is 0 Å². The molecule has 6 heteroatoms. The molecule has 0 spiro atoms. The van der Waals surface area contributed by atoms with Crippen LogP contribution in [0.15, 0.2) is 97.1 Å². The third-order valence-electron chi connectivity index (χ3n) is 6.41. The molecule has 1 atom stereocenters. The van der Waals surface area contributed by atoms with Gasteiger partial charge in [0.05, 0.1) is 7.11 Å². The van der Waals surface area contributed by atoms with Gasteiger partial charge in [-0.05, 0) is 41.1 Å². The van der Waals surface area contributed by atoms with Crippen molar-refractivity contribution in [2.45, 2.75) is 32.4 Å². The van der Waals surface area contributed by atoms with E-state index in [2.05, 4.69) is 5.32 Å². The molecule has 38 heavy (non-hydrogen) atoms. The lowest BCUT2D eigenvalue weighted by atomic mass is 10.0. The average Bonchev–Trinajstić information content (AvgIpc) is 2.97. The van der Waals surface area contributed by atoms with Crippen molar-refractivity contribution in [3.05, 3.63) is 108 Å². The van der Waals surface area contributed by atoms with Gasteiger partial charge in [0.1, 0.15) is 17.5 Å². The molecule has 4 rings (SSSR count). The predicted octanol–water partition coefficient (Wildman–Crippen LogP) is 5.39. The minimum atomic E-state index is -0.709. The monoisotopic (exact) mass is 510 g/mol. The van der Waals surface area contributed by atoms with Crippen LogP contribution < -0.4 is 14.8 Å². The molecule has 0 bridgehead atoms. The molecule has 1 unspecified atom stereocenters. The standard InChI is InChI=1S/C32H34N2O4/c1-3-19-33-32(36)29(21-24-11-5-4-6-12-24)34(22-25-13-9-16-27(20-25)37-2)31(35)23-38-30-18-10-15-26-14-7-8-17-28(26)30/h4-18,20,29H,3,19,21-23H2,1-2H3,(H,33,36). The van der Waals surface area contributed by atoms with Crippen molar-refractivity contribution >= 4 is 22.6 Å². The number of hydrogen-bond donors (Lipinski definition) is 1. The second-order valence-corrected chi connectivity index (χ2v) is 9.14. The summed E-state index contributed by atoms with van der Waals surface area (Å²) < 4.78 is 11.5. The number of hydrogen-bond acceptors (Lipinski definition) is 4. The zero-order chi connectivity index (χ0) is 26.7. The highest BCUT2D eigenvalue weighted by Gasteiger charge is 2.30. The molecule has 0 heterocycles. The van der Waals surface area contributed by atoms with E-state index < -0.39 is 6.04 Å². The van der Waals surface area contributed by atoms with E-state index in [-0.39, 0.29) is 25.0 Å². The second-order valence-electron chi connectivity index (χ2n) is 9.14. The number of methoxy groups -OCH3 is 1. The fourth-order valence-corrected chi connectivity index (χ4v) is 4.43. The fourth-order valence-electron chi connectivity index (χ4n) is 4.43. The molecular weight excluding hydrogens is 476 g/mol. The zero-order valence-electron chi connectivity index (χ0n) is 21.9. The number of fused-ring (bicyclic) bond motifs is 1. The molecular formula is C32H34N2O4. The summed E-state index contributed by atoms with van der Waals surface area (Å²) in [6, 6.07) is 30.3. The maximum absolute atomic E-state index is 13.8. The van der Waals surface area contributed by atoms with Crippen molar-refractivity contribution in [1.82, 2.24) is 10.2 Å². The van der Waals surface area contributed by atoms with Crippen LogP contribution in [0.25, 0.3) is 10.8 Å². The molecule has 4 aromatic carbocycles. The van der Waals surface area contributed by atoms with Crippen LogP contribution in [-0.2, 0) is 22.6 Å². The van der Waals surface area contributed by atoms with Crippen LogP contribution in [0.1, 0.15) is 24.5 Å². The third-order valence-corrected chi connectivity index (χ3v) is 6.41. The summed E-state index contributed by atoms with van der Waals surface area (Å²) in [6.07, 6.45) is 1.19. The van der Waals surface area contributed by atoms with Gasteiger partial charge in [-0.25, -0.2) is 0 Å². The average molecular weight is 511 g/mol. The highest BCUT2D eigenvalue weighted by molar-refractivity contribution is 5.90. The first-order chi connectivity index (χ1) is 18.6. The summed E-state index contributed by atoms with van der Waals surface area (Å²) in [6.45, 7) is 2.60. The number of rotatable bonds is 12. The van der Waals surface area contributed by atoms with Crippen molar-refractivity contribution in [3.63, 3.8) is 0 Å². The quantitative estimate of drug-likeness (QED) is 0.277. The van der Waals surface area contributed by atoms with Crippen LogP contribution in [-0.4, -0.2) is 43.0 Å². The van der Waals surface area contributed by atoms with Crippen molar-refractivity contribution in [3.8, 4) is 11.5 Å². The van der Waals surface area contributed by atoms with Gasteiger partial charge in [0.2, 0.25) is 5.91 Å². The maximum atomic E-state index is 13.8. The normalized spacial score (nSPS) is 11.5. The Morgan fingerprint density at radius 1 is 0.868 bits per heavy atom. The van der Waals surface area contributed by atoms with E-state index in [9.17, 15) is 9.59 Å². The first-order valence-electron chi connectivity index (χ1n) is 12.9. The van der Waals surface area contributed by atoms with Crippen molar-refractivity contribution in [2.75, 3.05) is 20.3 Å². The zero-order valence-corrected chi connectivity index (χ0v) is 21.9. The molecule has 2 amide bonds. The van der Waals surface area contributed by atoms with Gasteiger partial charge in [0.15, 0.2) is 6.61 Å². The Labute approximate surface area is 224 Å². The van der Waals surface area contributed by atoms with Crippen molar-refractivity contribution in [1.29, 1.82) is 0 Å². The van der Waals surface area contributed by atoms with E-state index in [1.807, 2.05) is 104 Å². The van der Waals surface area contributed by atoms with Gasteiger partial charge in [-0.3, -0.25) is 9.59 Å². The lowest BCUT2D eigenvalue weighted by molar-refractivity contribution is -0.142. The third kappa shape index (κ3) is 6.91. The Bertz CT molecular complexity index is 1350. The minimum absolute atomic E-state index is 0.183. The predicted molar refractivity (Wildman–Crippen MR) is 150 cm³/mol. The van der Waals surface area contributed by atoms with Gasteiger partial charge in [-0.1, -0.05) is 85.8 Å². The van der Waals surface area contributed by atoms with E-state index in [1.54, 1.807) is 12.0 Å². The molecule has 0 saturated heterocycles. The topological polar surface area (TPSA) is 67.9 Å². The summed E-state index contributed by atoms with van der Waals surface area (Å²) in [4.78, 5) is 28.9. The Hall–Kier alpha value is -4.32. The largest absolute Gasteiger partial charge is 0.497 e. The number of ether oxygens (including phenoxy) is 2. The van der Waals surface area contributed by atoms with Crippen LogP contribution in [0.3, 0.4) is 0 Å². The molecule has 0 aliphatic carbocycles. The second kappa shape index (κ2) is 13.3. The van der Waals surface area contributed by atoms with Crippen molar-refractivity contribution < 1.29 is 19.1 Å². The number of amides is 2. The van der Waals surface area contributed by atoms with E-state index in [1.165, 1.54) is 0 Å². The molecule has 0 fully saturated rings. The minimum Gasteiger partial charge on any atom is -0.497 e. The first kappa shape index (κ1) is 26.7. The van der Waals surface area contributed by atoms with E-state index >= 15 is 0 Å². The summed E-state index contributed by atoms with van der Waals surface area (Å²) in [5.41, 5.74) is 1.84. The highest BCUT2D eigenvalue weighted by atomic mass is 16.5. The van der Waals surface area contributed by atoms with Crippen LogP contribution in [0.4, 0.5) is 0 Å². The van der Waals surface area contributed by atoms with Gasteiger partial charge in [-0.15, -0.1) is 0 Å². The first-order valence-corrected chi connectivity index (χ1v) is 12.9. The molecule has 0 aromatic heterocycles. The summed E-state index contributed by atoms with van der Waals surface area (Å²) in [7, 11) is 1.61. The van der Waals surface area contributed by atoms with Gasteiger partial charge in [0.25, 0.3) is 5.91 Å². The number of nitrogens with zero attached hydrogens (tertiary/aromatic N) is 1. The van der Waals surface area contributed by atoms with Crippen LogP contribution in [0.5, 0.6) is 11.5 Å². The SMILES string of the molecule is CCCNC(=O)C(Cc1ccccc1)N(Cc1cccc(OC)c1)C(=O)COc1cccc2ccccc12. The van der Waals surface area contributed by atoms with E-state index in [4.69, 9.17) is 9.47 Å². The number of benzene rings is 4. The molecule has 4 aromatic rings. The summed E-state index contributed by atoms with van der Waals surface area (Å²) in [5, 5.41) is 4.96. The Balaban J connectivity index is 1.64. The van der Waals surface area contributed by atoms with E-state index in [0.29, 0.717) is 24.5 Å². The van der Waals surface area contributed by atoms with Gasteiger partial charge < -0.3 is 19.7 Å². The van der Waals surface area contributed by atoms with Crippen LogP contribution >= 0.6 is 0 Å². The molecule has 0 saturated carbocycles. The summed E-state index contributed by atoms with van der Waals surface area (Å²) >= 11 is 0. The Morgan fingerprint density at radius 3 is 2.37 bits per heavy atom. The van der Waals surface area contributed by atoms with Gasteiger partial charge in [0, 0.05) is 24.9 Å². The molecule has 6 nitrogen and oxygen atoms in total. The highest BCUT2D eigenvalue weighted by Crippen LogP contribution is 2.25. The van der Waals surface area contributed by atoms with Crippen molar-refractivity contribution in [2.24, 2.45) is 0 Å². The van der Waals surface area contributed by atoms with Crippen LogP contribution in [0.2, 0.25) is 0 Å². The number of carbonyl (C=O) groups excluding carboxylic acids is 2. The summed E-state index contributed by atoms with van der Waals surface area (Å²) in [5.74, 6) is 0.871. The van der Waals surface area contributed by atoms with Gasteiger partial charge in [-0.2, -0.15) is 0 Å². The molecule has 0 radical (unpaired) electrons. The lowest BCUT2D eigenvalue weighted by Gasteiger charge is -2.31. The smallest absolute Gasteiger partial charge is 0.261 e. The number of carbonyl (C=O) groups is 2. The molecule has 196 valence electrons. The molecule has 0 aliphatic rings. The lowest BCUT2D eigenvalue weighted by Crippen LogP contribution is -2.51. The maximum Gasteiger partial charge on any atom is 0.261 e. The van der Waals surface area contributed by atoms with E-state index in [0.717, 1.165) is 28.3 Å². The fraction of sp³-hybridized carbons (Fsp3) is 0.250. The number of nitrogens with one attached hydrogen (secondary N) is 1. The Morgan fingerprint density at radius 2 is 1.58 bits per heavy atom. The van der Waals surface area contributed by atoms with Crippen LogP contribution in [0, 0.1) is 0 Å². The Kier molecular flexibility index (Phi) is 9.35.